The number of halogens is 1. The van der Waals surface area contributed by atoms with E-state index in [-0.39, 0.29) is 0 Å². The van der Waals surface area contributed by atoms with E-state index in [1.54, 1.807) is 18.2 Å². The summed E-state index contributed by atoms with van der Waals surface area (Å²) in [7, 11) is 0. The number of benzene rings is 1. The molecule has 0 spiro atoms. The van der Waals surface area contributed by atoms with Crippen molar-refractivity contribution in [3.8, 4) is 5.75 Å². The highest BCUT2D eigenvalue weighted by Crippen LogP contribution is 2.17. The quantitative estimate of drug-likeness (QED) is 0.532. The summed E-state index contributed by atoms with van der Waals surface area (Å²) < 4.78 is 6.41. The lowest BCUT2D eigenvalue weighted by atomic mass is 10.2. The van der Waals surface area contributed by atoms with E-state index in [0.29, 0.717) is 5.56 Å². The molecule has 2 aromatic rings. The zero-order chi connectivity index (χ0) is 15.5. The van der Waals surface area contributed by atoms with E-state index in [4.69, 9.17) is 4.74 Å². The molecule has 0 aliphatic heterocycles. The third-order valence-electron chi connectivity index (χ3n) is 2.49. The fourth-order valence-corrected chi connectivity index (χ4v) is 2.61. The van der Waals surface area contributed by atoms with E-state index in [2.05, 4.69) is 22.9 Å². The van der Waals surface area contributed by atoms with Crippen LogP contribution in [0, 0.1) is 0 Å². The number of hydrogen-bond donors (Lipinski definition) is 0. The summed E-state index contributed by atoms with van der Waals surface area (Å²) in [5, 5.41) is 1.88. The number of thiophene rings is 1. The van der Waals surface area contributed by atoms with E-state index >= 15 is 0 Å². The molecule has 0 aliphatic carbocycles. The Kier molecular flexibility index (Phi) is 8.62. The van der Waals surface area contributed by atoms with Gasteiger partial charge in [-0.3, -0.25) is 9.59 Å². The van der Waals surface area contributed by atoms with Gasteiger partial charge in [0.15, 0.2) is 6.29 Å². The predicted octanol–water partition coefficient (Wildman–Crippen LogP) is 5.00. The van der Waals surface area contributed by atoms with Gasteiger partial charge < -0.3 is 4.74 Å². The summed E-state index contributed by atoms with van der Waals surface area (Å²) in [5.74, 6) is 0.832. The predicted molar refractivity (Wildman–Crippen MR) is 89.6 cm³/mol. The van der Waals surface area contributed by atoms with Gasteiger partial charge in [-0.05, 0) is 52.7 Å². The van der Waals surface area contributed by atoms with Gasteiger partial charge in [0.2, 0.25) is 0 Å². The van der Waals surface area contributed by atoms with E-state index in [9.17, 15) is 9.59 Å². The van der Waals surface area contributed by atoms with Gasteiger partial charge >= 0.3 is 0 Å². The van der Waals surface area contributed by atoms with Gasteiger partial charge in [0.05, 0.1) is 11.5 Å². The number of rotatable bonds is 6. The largest absolute Gasteiger partial charge is 0.494 e. The van der Waals surface area contributed by atoms with Crippen molar-refractivity contribution in [2.45, 2.75) is 19.8 Å². The molecule has 1 heterocycles. The molecule has 0 aliphatic rings. The third-order valence-corrected chi connectivity index (χ3v) is 4.11. The number of aldehydes is 2. The van der Waals surface area contributed by atoms with Crippen LogP contribution in [0.15, 0.2) is 40.2 Å². The van der Waals surface area contributed by atoms with Gasteiger partial charge in [0, 0.05) is 15.4 Å². The highest BCUT2D eigenvalue weighted by molar-refractivity contribution is 9.10. The molecule has 5 heteroatoms. The Morgan fingerprint density at radius 1 is 1.19 bits per heavy atom. The summed E-state index contributed by atoms with van der Waals surface area (Å²) in [5.41, 5.74) is 0.683. The molecule has 1 aromatic heterocycles. The average Bonchev–Trinajstić information content (AvgIpc) is 2.95. The smallest absolute Gasteiger partial charge is 0.160 e. The van der Waals surface area contributed by atoms with Crippen LogP contribution in [0.3, 0.4) is 0 Å². The first-order valence-electron chi connectivity index (χ1n) is 6.56. The fourth-order valence-electron chi connectivity index (χ4n) is 1.37. The Bertz CT molecular complexity index is 549. The molecular formula is C16H17BrO3S. The SMILES string of the molecule is CCCCOc1ccc(C=O)cc1.O=Cc1cc(Br)cs1. The first kappa shape index (κ1) is 17.6. The minimum Gasteiger partial charge on any atom is -0.494 e. The molecule has 1 aromatic carbocycles. The second-order valence-corrected chi connectivity index (χ2v) is 6.03. The molecule has 3 nitrogen and oxygen atoms in total. The zero-order valence-corrected chi connectivity index (χ0v) is 14.2. The van der Waals surface area contributed by atoms with E-state index in [1.807, 2.05) is 17.5 Å². The highest BCUT2D eigenvalue weighted by atomic mass is 79.9. The van der Waals surface area contributed by atoms with Crippen LogP contribution in [-0.2, 0) is 0 Å². The van der Waals surface area contributed by atoms with Crippen molar-refractivity contribution >= 4 is 39.8 Å². The fraction of sp³-hybridized carbons (Fsp3) is 0.250. The summed E-state index contributed by atoms with van der Waals surface area (Å²) >= 11 is 4.66. The maximum absolute atomic E-state index is 10.3. The molecule has 0 atom stereocenters. The number of ether oxygens (including phenoxy) is 1. The average molecular weight is 369 g/mol. The monoisotopic (exact) mass is 368 g/mol. The first-order chi connectivity index (χ1) is 10.2. The van der Waals surface area contributed by atoms with Crippen molar-refractivity contribution in [1.29, 1.82) is 0 Å². The first-order valence-corrected chi connectivity index (χ1v) is 8.24. The van der Waals surface area contributed by atoms with Crippen molar-refractivity contribution in [3.05, 3.63) is 50.6 Å². The van der Waals surface area contributed by atoms with Gasteiger partial charge in [-0.25, -0.2) is 0 Å². The Balaban J connectivity index is 0.000000235. The standard InChI is InChI=1S/C11H14O2.C5H3BrOS/c1-2-3-8-13-11-6-4-10(9-12)5-7-11;6-4-1-5(2-7)8-3-4/h4-7,9H,2-3,8H2,1H3;1-3H. The topological polar surface area (TPSA) is 43.4 Å². The van der Waals surface area contributed by atoms with Crippen molar-refractivity contribution in [1.82, 2.24) is 0 Å². The molecule has 0 radical (unpaired) electrons. The highest BCUT2D eigenvalue weighted by Gasteiger charge is 1.93. The Morgan fingerprint density at radius 2 is 1.90 bits per heavy atom. The lowest BCUT2D eigenvalue weighted by Gasteiger charge is -2.04. The molecule has 21 heavy (non-hydrogen) atoms. The van der Waals surface area contributed by atoms with E-state index in [1.165, 1.54) is 11.3 Å². The second kappa shape index (κ2) is 10.3. The van der Waals surface area contributed by atoms with Crippen molar-refractivity contribution in [3.63, 3.8) is 0 Å². The summed E-state index contributed by atoms with van der Waals surface area (Å²) in [6.45, 7) is 2.87. The van der Waals surface area contributed by atoms with Gasteiger partial charge in [-0.15, -0.1) is 11.3 Å². The van der Waals surface area contributed by atoms with Crippen LogP contribution in [0.2, 0.25) is 0 Å². The van der Waals surface area contributed by atoms with Crippen molar-refractivity contribution in [2.24, 2.45) is 0 Å². The number of carbonyl (C=O) groups excluding carboxylic acids is 2. The van der Waals surface area contributed by atoms with Gasteiger partial charge in [0.25, 0.3) is 0 Å². The van der Waals surface area contributed by atoms with Crippen LogP contribution in [0.1, 0.15) is 39.8 Å². The summed E-state index contributed by atoms with van der Waals surface area (Å²) in [4.78, 5) is 21.1. The molecule has 0 saturated carbocycles. The molecule has 0 amide bonds. The maximum atomic E-state index is 10.3. The van der Waals surface area contributed by atoms with Crippen LogP contribution < -0.4 is 4.74 Å². The molecular weight excluding hydrogens is 352 g/mol. The Labute approximate surface area is 137 Å². The molecule has 0 saturated heterocycles. The van der Waals surface area contributed by atoms with Crippen molar-refractivity contribution < 1.29 is 14.3 Å². The van der Waals surface area contributed by atoms with Gasteiger partial charge in [-0.1, -0.05) is 13.3 Å². The molecule has 112 valence electrons. The summed E-state index contributed by atoms with van der Waals surface area (Å²) in [6, 6.07) is 8.94. The van der Waals surface area contributed by atoms with Crippen LogP contribution in [0.5, 0.6) is 5.75 Å². The molecule has 0 fully saturated rings. The molecule has 0 N–H and O–H groups in total. The third kappa shape index (κ3) is 7.20. The minimum absolute atomic E-state index is 0.683. The van der Waals surface area contributed by atoms with Crippen LogP contribution in [-0.4, -0.2) is 19.2 Å². The number of hydrogen-bond acceptors (Lipinski definition) is 4. The van der Waals surface area contributed by atoms with E-state index in [0.717, 1.165) is 47.1 Å². The Hall–Kier alpha value is -1.46. The number of unbranched alkanes of at least 4 members (excludes halogenated alkanes) is 1. The van der Waals surface area contributed by atoms with Crippen molar-refractivity contribution in [2.75, 3.05) is 6.61 Å². The Morgan fingerprint density at radius 3 is 2.33 bits per heavy atom. The molecule has 2 rings (SSSR count). The lowest BCUT2D eigenvalue weighted by molar-refractivity contribution is 0.111. The van der Waals surface area contributed by atoms with Gasteiger partial charge in [-0.2, -0.15) is 0 Å². The second-order valence-electron chi connectivity index (χ2n) is 4.17. The van der Waals surface area contributed by atoms with Crippen LogP contribution in [0.25, 0.3) is 0 Å². The van der Waals surface area contributed by atoms with Crippen LogP contribution >= 0.6 is 27.3 Å². The summed E-state index contributed by atoms with van der Waals surface area (Å²) in [6.07, 6.45) is 3.87. The normalized spacial score (nSPS) is 9.43. The number of carbonyl (C=O) groups is 2. The zero-order valence-electron chi connectivity index (χ0n) is 11.8. The minimum atomic E-state index is 0.683. The lowest BCUT2D eigenvalue weighted by Crippen LogP contribution is -1.96. The van der Waals surface area contributed by atoms with E-state index < -0.39 is 0 Å². The molecule has 0 bridgehead atoms. The van der Waals surface area contributed by atoms with Gasteiger partial charge in [0.1, 0.15) is 12.0 Å². The van der Waals surface area contributed by atoms with Crippen LogP contribution in [0.4, 0.5) is 0 Å². The molecule has 0 unspecified atom stereocenters. The maximum Gasteiger partial charge on any atom is 0.160 e.